The van der Waals surface area contributed by atoms with Crippen molar-refractivity contribution < 1.29 is 9.47 Å². The van der Waals surface area contributed by atoms with E-state index in [0.717, 1.165) is 44.9 Å². The van der Waals surface area contributed by atoms with Crippen molar-refractivity contribution in [1.29, 1.82) is 0 Å². The van der Waals surface area contributed by atoms with Gasteiger partial charge in [0.25, 0.3) is 0 Å². The molecule has 0 bridgehead atoms. The third-order valence-electron chi connectivity index (χ3n) is 4.81. The van der Waals surface area contributed by atoms with Crippen molar-refractivity contribution in [3.8, 4) is 5.75 Å². The zero-order valence-electron chi connectivity index (χ0n) is 12.2. The van der Waals surface area contributed by atoms with Gasteiger partial charge in [-0.05, 0) is 42.5 Å². The van der Waals surface area contributed by atoms with E-state index >= 15 is 0 Å². The Labute approximate surface area is 120 Å². The highest BCUT2D eigenvalue weighted by molar-refractivity contribution is 5.42. The van der Waals surface area contributed by atoms with Gasteiger partial charge >= 0.3 is 0 Å². The Bertz CT molecular complexity index is 472. The number of nitrogens with two attached hydrogens (primary N) is 1. The minimum absolute atomic E-state index is 0.0358. The lowest BCUT2D eigenvalue weighted by molar-refractivity contribution is -0.0287. The lowest BCUT2D eigenvalue weighted by Gasteiger charge is -2.48. The van der Waals surface area contributed by atoms with E-state index in [2.05, 4.69) is 23.1 Å². The van der Waals surface area contributed by atoms with Crippen LogP contribution in [0, 0.1) is 0 Å². The maximum Gasteiger partial charge on any atom is 0.119 e. The Hall–Kier alpha value is -1.10. The largest absolute Gasteiger partial charge is 0.497 e. The van der Waals surface area contributed by atoms with Crippen LogP contribution in [-0.2, 0) is 16.7 Å². The summed E-state index contributed by atoms with van der Waals surface area (Å²) in [6.45, 7) is 4.21. The Balaban J connectivity index is 2.03. The molecule has 1 aliphatic carbocycles. The first-order valence-electron chi connectivity index (χ1n) is 7.50. The number of benzene rings is 1. The van der Waals surface area contributed by atoms with Gasteiger partial charge < -0.3 is 15.2 Å². The van der Waals surface area contributed by atoms with E-state index in [1.54, 1.807) is 7.11 Å². The van der Waals surface area contributed by atoms with E-state index in [0.29, 0.717) is 6.54 Å². The summed E-state index contributed by atoms with van der Waals surface area (Å²) in [4.78, 5) is 2.52. The number of ether oxygens (including phenoxy) is 2. The summed E-state index contributed by atoms with van der Waals surface area (Å²) in [5, 5.41) is 0. The van der Waals surface area contributed by atoms with Crippen molar-refractivity contribution >= 4 is 0 Å². The Morgan fingerprint density at radius 2 is 2.15 bits per heavy atom. The Morgan fingerprint density at radius 3 is 2.85 bits per heavy atom. The molecule has 4 heteroatoms. The molecule has 0 spiro atoms. The van der Waals surface area contributed by atoms with Crippen LogP contribution in [0.4, 0.5) is 0 Å². The molecule has 4 nitrogen and oxygen atoms in total. The minimum atomic E-state index is -0.0358. The molecule has 2 N–H and O–H groups in total. The van der Waals surface area contributed by atoms with Gasteiger partial charge in [0.2, 0.25) is 0 Å². The smallest absolute Gasteiger partial charge is 0.119 e. The van der Waals surface area contributed by atoms with Crippen LogP contribution < -0.4 is 10.5 Å². The SMILES string of the molecule is COc1ccc2c(c1)C(CN)(N1CCOCC1)CCC2. The monoisotopic (exact) mass is 276 g/mol. The zero-order chi connectivity index (χ0) is 14.0. The van der Waals surface area contributed by atoms with Gasteiger partial charge in [-0.2, -0.15) is 0 Å². The van der Waals surface area contributed by atoms with Crippen LogP contribution >= 0.6 is 0 Å². The molecule has 1 unspecified atom stereocenters. The zero-order valence-corrected chi connectivity index (χ0v) is 12.2. The molecule has 1 atom stereocenters. The van der Waals surface area contributed by atoms with E-state index in [9.17, 15) is 0 Å². The summed E-state index contributed by atoms with van der Waals surface area (Å²) in [5.41, 5.74) is 9.01. The number of hydrogen-bond donors (Lipinski definition) is 1. The lowest BCUT2D eigenvalue weighted by atomic mass is 9.75. The summed E-state index contributed by atoms with van der Waals surface area (Å²) in [7, 11) is 1.73. The highest BCUT2D eigenvalue weighted by Gasteiger charge is 2.41. The van der Waals surface area contributed by atoms with Crippen LogP contribution in [0.5, 0.6) is 5.75 Å². The molecule has 3 rings (SSSR count). The Morgan fingerprint density at radius 1 is 1.35 bits per heavy atom. The van der Waals surface area contributed by atoms with Crippen molar-refractivity contribution in [3.05, 3.63) is 29.3 Å². The molecule has 20 heavy (non-hydrogen) atoms. The fourth-order valence-electron chi connectivity index (χ4n) is 3.70. The average Bonchev–Trinajstić information content (AvgIpc) is 2.54. The van der Waals surface area contributed by atoms with Gasteiger partial charge in [0.1, 0.15) is 5.75 Å². The topological polar surface area (TPSA) is 47.7 Å². The molecule has 110 valence electrons. The Kier molecular flexibility index (Phi) is 3.96. The second-order valence-corrected chi connectivity index (χ2v) is 5.71. The fraction of sp³-hybridized carbons (Fsp3) is 0.625. The van der Waals surface area contributed by atoms with Gasteiger partial charge in [-0.3, -0.25) is 4.90 Å². The van der Waals surface area contributed by atoms with Crippen LogP contribution in [0.3, 0.4) is 0 Å². The predicted molar refractivity (Wildman–Crippen MR) is 79.1 cm³/mol. The summed E-state index contributed by atoms with van der Waals surface area (Å²) >= 11 is 0. The molecule has 0 aromatic heterocycles. The number of aryl methyl sites for hydroxylation is 1. The second kappa shape index (κ2) is 5.72. The fourth-order valence-corrected chi connectivity index (χ4v) is 3.70. The predicted octanol–water partition coefficient (Wildman–Crippen LogP) is 1.52. The first-order valence-corrected chi connectivity index (χ1v) is 7.50. The van der Waals surface area contributed by atoms with Gasteiger partial charge in [-0.15, -0.1) is 0 Å². The summed E-state index contributed by atoms with van der Waals surface area (Å²) < 4.78 is 10.9. The number of rotatable bonds is 3. The highest BCUT2D eigenvalue weighted by Crippen LogP contribution is 2.41. The average molecular weight is 276 g/mol. The first-order chi connectivity index (χ1) is 9.80. The van der Waals surface area contributed by atoms with Gasteiger partial charge in [0.05, 0.1) is 25.9 Å². The van der Waals surface area contributed by atoms with E-state index < -0.39 is 0 Å². The molecule has 1 aromatic carbocycles. The summed E-state index contributed by atoms with van der Waals surface area (Å²) in [6, 6.07) is 6.46. The highest BCUT2D eigenvalue weighted by atomic mass is 16.5. The standard InChI is InChI=1S/C16H24N2O2/c1-19-14-5-4-13-3-2-6-16(12-17,15(13)11-14)18-7-9-20-10-8-18/h4-5,11H,2-3,6-10,12,17H2,1H3. The van der Waals surface area contributed by atoms with Crippen molar-refractivity contribution in [2.45, 2.75) is 24.8 Å². The van der Waals surface area contributed by atoms with E-state index in [-0.39, 0.29) is 5.54 Å². The van der Waals surface area contributed by atoms with Crippen LogP contribution in [0.1, 0.15) is 24.0 Å². The molecule has 2 aliphatic rings. The van der Waals surface area contributed by atoms with Gasteiger partial charge in [-0.25, -0.2) is 0 Å². The minimum Gasteiger partial charge on any atom is -0.497 e. The molecule has 0 saturated carbocycles. The van der Waals surface area contributed by atoms with Crippen LogP contribution in [-0.4, -0.2) is 44.9 Å². The maximum atomic E-state index is 6.25. The normalized spacial score (nSPS) is 27.1. The quantitative estimate of drug-likeness (QED) is 0.909. The molecular weight excluding hydrogens is 252 g/mol. The number of morpholine rings is 1. The molecule has 1 heterocycles. The molecule has 0 radical (unpaired) electrons. The van der Waals surface area contributed by atoms with Crippen molar-refractivity contribution in [1.82, 2.24) is 4.90 Å². The van der Waals surface area contributed by atoms with Crippen molar-refractivity contribution in [3.63, 3.8) is 0 Å². The van der Waals surface area contributed by atoms with E-state index in [1.807, 2.05) is 0 Å². The van der Waals surface area contributed by atoms with E-state index in [4.69, 9.17) is 15.2 Å². The molecule has 1 saturated heterocycles. The molecule has 1 fully saturated rings. The summed E-state index contributed by atoms with van der Waals surface area (Å²) in [5.74, 6) is 0.928. The number of nitrogens with zero attached hydrogens (tertiary/aromatic N) is 1. The van der Waals surface area contributed by atoms with Gasteiger partial charge in [0, 0.05) is 19.6 Å². The van der Waals surface area contributed by atoms with Gasteiger partial charge in [0.15, 0.2) is 0 Å². The van der Waals surface area contributed by atoms with Crippen LogP contribution in [0.2, 0.25) is 0 Å². The van der Waals surface area contributed by atoms with Gasteiger partial charge in [-0.1, -0.05) is 6.07 Å². The van der Waals surface area contributed by atoms with E-state index in [1.165, 1.54) is 17.5 Å². The first kappa shape index (κ1) is 13.9. The second-order valence-electron chi connectivity index (χ2n) is 5.71. The third kappa shape index (κ3) is 2.22. The number of methoxy groups -OCH3 is 1. The van der Waals surface area contributed by atoms with Crippen molar-refractivity contribution in [2.75, 3.05) is 40.0 Å². The maximum absolute atomic E-state index is 6.25. The lowest BCUT2D eigenvalue weighted by Crippen LogP contribution is -2.56. The number of fused-ring (bicyclic) bond motifs is 1. The molecule has 1 aromatic rings. The van der Waals surface area contributed by atoms with Crippen LogP contribution in [0.25, 0.3) is 0 Å². The molecule has 0 amide bonds. The molecule has 1 aliphatic heterocycles. The van der Waals surface area contributed by atoms with Crippen molar-refractivity contribution in [2.24, 2.45) is 5.73 Å². The molecular formula is C16H24N2O2. The third-order valence-corrected chi connectivity index (χ3v) is 4.81. The van der Waals surface area contributed by atoms with Crippen LogP contribution in [0.15, 0.2) is 18.2 Å². The summed E-state index contributed by atoms with van der Waals surface area (Å²) in [6.07, 6.45) is 3.48. The number of hydrogen-bond acceptors (Lipinski definition) is 4.